The Morgan fingerprint density at radius 3 is 2.41 bits per heavy atom. The Labute approximate surface area is 139 Å². The fraction of sp³-hybridized carbons (Fsp3) is 0.400. The number of ether oxygens (including phenoxy) is 1. The number of benzene rings is 1. The molecule has 2 rings (SSSR count). The van der Waals surface area contributed by atoms with Crippen LogP contribution in [0.5, 0.6) is 5.75 Å². The molecule has 0 saturated heterocycles. The summed E-state index contributed by atoms with van der Waals surface area (Å²) in [6, 6.07) is 2.51. The third-order valence-electron chi connectivity index (χ3n) is 2.50. The smallest absolute Gasteiger partial charge is 0.496 e. The van der Waals surface area contributed by atoms with Gasteiger partial charge in [-0.2, -0.15) is 0 Å². The van der Waals surface area contributed by atoms with Crippen LogP contribution in [0, 0.1) is 11.7 Å². The molecule has 7 heteroatoms. The van der Waals surface area contributed by atoms with Crippen molar-refractivity contribution in [2.75, 3.05) is 6.61 Å². The summed E-state index contributed by atoms with van der Waals surface area (Å²) in [5.41, 5.74) is -0.986. The summed E-state index contributed by atoms with van der Waals surface area (Å²) in [6.07, 6.45) is 1.99. The summed E-state index contributed by atoms with van der Waals surface area (Å²) in [5.74, 6) is -0.799. The molecule has 1 nitrogen and oxygen atoms in total. The Morgan fingerprint density at radius 2 is 1.88 bits per heavy atom. The first kappa shape index (κ1) is 15.5. The van der Waals surface area contributed by atoms with E-state index in [9.17, 15) is 17.3 Å². The van der Waals surface area contributed by atoms with Crippen LogP contribution in [0.4, 0.5) is 17.3 Å². The van der Waals surface area contributed by atoms with E-state index in [1.807, 2.05) is 0 Å². The molecule has 0 spiro atoms. The predicted molar refractivity (Wildman–Crippen MR) is 53.3 cm³/mol. The van der Waals surface area contributed by atoms with Gasteiger partial charge in [-0.1, -0.05) is 5.46 Å². The van der Waals surface area contributed by atoms with Crippen molar-refractivity contribution in [2.24, 2.45) is 5.92 Å². The van der Waals surface area contributed by atoms with Gasteiger partial charge in [0.2, 0.25) is 0 Å². The molecular formula is C10H10BF4KO. The van der Waals surface area contributed by atoms with Crippen molar-refractivity contribution < 1.29 is 73.5 Å². The molecule has 0 amide bonds. The third-order valence-corrected chi connectivity index (χ3v) is 2.50. The van der Waals surface area contributed by atoms with Crippen LogP contribution in [0.3, 0.4) is 0 Å². The second-order valence-corrected chi connectivity index (χ2v) is 4.01. The molecule has 1 aliphatic carbocycles. The summed E-state index contributed by atoms with van der Waals surface area (Å²) in [5, 5.41) is 0. The van der Waals surface area contributed by atoms with Gasteiger partial charge >= 0.3 is 58.4 Å². The molecule has 1 saturated carbocycles. The van der Waals surface area contributed by atoms with Crippen molar-refractivity contribution in [3.05, 3.63) is 24.0 Å². The Kier molecular flexibility index (Phi) is 5.52. The van der Waals surface area contributed by atoms with Crippen molar-refractivity contribution in [3.8, 4) is 5.75 Å². The summed E-state index contributed by atoms with van der Waals surface area (Å²) < 4.78 is 55.6. The average molecular weight is 272 g/mol. The second-order valence-electron chi connectivity index (χ2n) is 4.01. The number of hydrogen-bond acceptors (Lipinski definition) is 1. The monoisotopic (exact) mass is 272 g/mol. The Balaban J connectivity index is 0.00000144. The van der Waals surface area contributed by atoms with E-state index in [1.165, 1.54) is 0 Å². The molecule has 0 aromatic heterocycles. The van der Waals surface area contributed by atoms with Gasteiger partial charge in [0.1, 0.15) is 5.82 Å². The fourth-order valence-corrected chi connectivity index (χ4v) is 1.40. The van der Waals surface area contributed by atoms with Crippen LogP contribution in [0.15, 0.2) is 18.2 Å². The van der Waals surface area contributed by atoms with Gasteiger partial charge in [0.15, 0.2) is 0 Å². The number of hydrogen-bond donors (Lipinski definition) is 0. The van der Waals surface area contributed by atoms with Crippen LogP contribution < -0.4 is 61.6 Å². The van der Waals surface area contributed by atoms with Gasteiger partial charge in [-0.05, 0) is 37.0 Å². The van der Waals surface area contributed by atoms with Crippen LogP contribution in [-0.2, 0) is 0 Å². The molecule has 0 unspecified atom stereocenters. The van der Waals surface area contributed by atoms with E-state index >= 15 is 0 Å². The van der Waals surface area contributed by atoms with E-state index in [0.717, 1.165) is 25.0 Å². The van der Waals surface area contributed by atoms with E-state index in [0.29, 0.717) is 12.0 Å². The van der Waals surface area contributed by atoms with Gasteiger partial charge in [0.25, 0.3) is 0 Å². The Bertz CT molecular complexity index is 392. The van der Waals surface area contributed by atoms with Gasteiger partial charge in [0.05, 0.1) is 12.4 Å². The number of rotatable bonds is 4. The van der Waals surface area contributed by atoms with Crippen LogP contribution in [0.25, 0.3) is 0 Å². The van der Waals surface area contributed by atoms with E-state index in [1.54, 1.807) is 0 Å². The molecule has 1 aromatic carbocycles. The summed E-state index contributed by atoms with van der Waals surface area (Å²) in [7, 11) is 0. The summed E-state index contributed by atoms with van der Waals surface area (Å²) in [4.78, 5) is 0. The molecule has 88 valence electrons. The molecule has 0 aliphatic heterocycles. The SMILES string of the molecule is Fc1ccc(OCC2CC2)c([B-](F)(F)F)c1.[K+]. The van der Waals surface area contributed by atoms with Crippen LogP contribution in [0.2, 0.25) is 0 Å². The van der Waals surface area contributed by atoms with Crippen molar-refractivity contribution >= 4 is 12.4 Å². The molecule has 17 heavy (non-hydrogen) atoms. The van der Waals surface area contributed by atoms with Crippen molar-refractivity contribution in [1.29, 1.82) is 0 Å². The van der Waals surface area contributed by atoms with Gasteiger partial charge in [0, 0.05) is 0 Å². The topological polar surface area (TPSA) is 9.23 Å². The maximum Gasteiger partial charge on any atom is 1.00 e. The summed E-state index contributed by atoms with van der Waals surface area (Å²) >= 11 is 0. The zero-order chi connectivity index (χ0) is 11.8. The first-order valence-electron chi connectivity index (χ1n) is 5.09. The van der Waals surface area contributed by atoms with Gasteiger partial charge in [-0.3, -0.25) is 0 Å². The minimum absolute atomic E-state index is 0. The molecular weight excluding hydrogens is 262 g/mol. The zero-order valence-electron chi connectivity index (χ0n) is 9.43. The van der Waals surface area contributed by atoms with E-state index in [-0.39, 0.29) is 63.7 Å². The van der Waals surface area contributed by atoms with E-state index in [2.05, 4.69) is 0 Å². The molecule has 0 heterocycles. The van der Waals surface area contributed by atoms with E-state index < -0.39 is 18.3 Å². The third kappa shape index (κ3) is 4.55. The fourth-order valence-electron chi connectivity index (χ4n) is 1.40. The van der Waals surface area contributed by atoms with Crippen molar-refractivity contribution in [3.63, 3.8) is 0 Å². The standard InChI is InChI=1S/C10H10BF4O.K/c12-8-3-4-10(16-6-7-1-2-7)9(5-8)11(13,14)15;/h3-5,7H,1-2,6H2;/q-1;+1. The first-order chi connectivity index (χ1) is 7.47. The van der Waals surface area contributed by atoms with Crippen LogP contribution in [-0.4, -0.2) is 13.6 Å². The average Bonchev–Trinajstić information content (AvgIpc) is 2.98. The molecule has 1 fully saturated rings. The first-order valence-corrected chi connectivity index (χ1v) is 5.09. The van der Waals surface area contributed by atoms with Gasteiger partial charge < -0.3 is 17.7 Å². The van der Waals surface area contributed by atoms with E-state index in [4.69, 9.17) is 4.74 Å². The van der Waals surface area contributed by atoms with Crippen LogP contribution >= 0.6 is 0 Å². The molecule has 1 aromatic rings. The minimum atomic E-state index is -5.23. The maximum atomic E-state index is 12.7. The molecule has 1 aliphatic rings. The minimum Gasteiger partial charge on any atom is -0.496 e. The molecule has 0 N–H and O–H groups in total. The Hall–Kier alpha value is 0.441. The Morgan fingerprint density at radius 1 is 1.24 bits per heavy atom. The van der Waals surface area contributed by atoms with Crippen molar-refractivity contribution in [2.45, 2.75) is 12.8 Å². The predicted octanol–water partition coefficient (Wildman–Crippen LogP) is -0.327. The van der Waals surface area contributed by atoms with Crippen molar-refractivity contribution in [1.82, 2.24) is 0 Å². The normalized spacial score (nSPS) is 15.3. The molecule has 0 atom stereocenters. The molecule has 0 bridgehead atoms. The van der Waals surface area contributed by atoms with Gasteiger partial charge in [-0.25, -0.2) is 4.39 Å². The second kappa shape index (κ2) is 6.06. The zero-order valence-corrected chi connectivity index (χ0v) is 12.6. The summed E-state index contributed by atoms with van der Waals surface area (Å²) in [6.45, 7) is -4.95. The quantitative estimate of drug-likeness (QED) is 0.539. The van der Waals surface area contributed by atoms with Crippen LogP contribution in [0.1, 0.15) is 12.8 Å². The largest absolute Gasteiger partial charge is 1.00 e. The van der Waals surface area contributed by atoms with Gasteiger partial charge in [-0.15, -0.1) is 0 Å². The maximum absolute atomic E-state index is 12.7. The number of halogens is 4. The molecule has 0 radical (unpaired) electrons.